The van der Waals surface area contributed by atoms with E-state index < -0.39 is 12.0 Å². The van der Waals surface area contributed by atoms with Gasteiger partial charge in [-0.25, -0.2) is 9.78 Å². The van der Waals surface area contributed by atoms with Gasteiger partial charge in [-0.3, -0.25) is 9.36 Å². The highest BCUT2D eigenvalue weighted by Gasteiger charge is 2.26. The Kier molecular flexibility index (Phi) is 5.06. The Hall–Kier alpha value is -1.99. The van der Waals surface area contributed by atoms with Crippen molar-refractivity contribution in [2.75, 3.05) is 0 Å². The van der Waals surface area contributed by atoms with Crippen LogP contribution in [0.4, 0.5) is 0 Å². The number of hydrogen-bond acceptors (Lipinski definition) is 5. The van der Waals surface area contributed by atoms with Crippen molar-refractivity contribution in [2.45, 2.75) is 46.1 Å². The molecule has 0 radical (unpaired) electrons. The zero-order chi connectivity index (χ0) is 18.1. The summed E-state index contributed by atoms with van der Waals surface area (Å²) in [6, 6.07) is 3.05. The van der Waals surface area contributed by atoms with E-state index in [1.54, 1.807) is 18.3 Å². The number of aryl methyl sites for hydroxylation is 2. The van der Waals surface area contributed by atoms with Crippen LogP contribution in [0.1, 0.15) is 43.4 Å². The van der Waals surface area contributed by atoms with Gasteiger partial charge in [0.2, 0.25) is 0 Å². The Labute approximate surface area is 153 Å². The lowest BCUT2D eigenvalue weighted by atomic mass is 10.1. The maximum atomic E-state index is 13.3. The molecule has 0 aliphatic carbocycles. The molecule has 0 aromatic carbocycles. The normalized spacial score (nSPS) is 12.6. The fourth-order valence-corrected chi connectivity index (χ4v) is 5.07. The number of aromatic nitrogens is 2. The molecule has 0 aliphatic heterocycles. The highest BCUT2D eigenvalue weighted by atomic mass is 32.1. The molecule has 3 rings (SSSR count). The minimum Gasteiger partial charge on any atom is -0.480 e. The summed E-state index contributed by atoms with van der Waals surface area (Å²) in [5.41, 5.74) is 0.653. The Balaban J connectivity index is 2.39. The molecule has 25 heavy (non-hydrogen) atoms. The zero-order valence-electron chi connectivity index (χ0n) is 14.4. The Morgan fingerprint density at radius 2 is 2.16 bits per heavy atom. The fraction of sp³-hybridized carbons (Fsp3) is 0.389. The first kappa shape index (κ1) is 17.8. The van der Waals surface area contributed by atoms with Crippen LogP contribution in [0, 0.1) is 6.92 Å². The molecule has 3 aromatic rings. The third-order valence-corrected chi connectivity index (χ3v) is 6.12. The van der Waals surface area contributed by atoms with Gasteiger partial charge in [0.05, 0.1) is 5.39 Å². The molecule has 1 atom stereocenters. The van der Waals surface area contributed by atoms with Gasteiger partial charge in [-0.2, -0.15) is 0 Å². The number of carboxylic acid groups (broad SMARTS) is 1. The van der Waals surface area contributed by atoms with Crippen LogP contribution < -0.4 is 5.56 Å². The average molecular weight is 377 g/mol. The molecule has 7 heteroatoms. The van der Waals surface area contributed by atoms with Crippen LogP contribution in [0.3, 0.4) is 0 Å². The minimum atomic E-state index is -0.993. The van der Waals surface area contributed by atoms with Crippen LogP contribution in [0.5, 0.6) is 0 Å². The number of hydrogen-bond donors (Lipinski definition) is 1. The van der Waals surface area contributed by atoms with Gasteiger partial charge in [0, 0.05) is 21.7 Å². The van der Waals surface area contributed by atoms with Crippen molar-refractivity contribution in [3.63, 3.8) is 0 Å². The van der Waals surface area contributed by atoms with Gasteiger partial charge in [0.25, 0.3) is 5.56 Å². The monoisotopic (exact) mass is 376 g/mol. The second-order valence-electron chi connectivity index (χ2n) is 5.91. The maximum Gasteiger partial charge on any atom is 0.326 e. The van der Waals surface area contributed by atoms with Crippen LogP contribution in [-0.2, 0) is 11.2 Å². The van der Waals surface area contributed by atoms with Crippen LogP contribution in [0.25, 0.3) is 20.7 Å². The van der Waals surface area contributed by atoms with Crippen molar-refractivity contribution in [1.29, 1.82) is 0 Å². The van der Waals surface area contributed by atoms with E-state index in [2.05, 4.69) is 0 Å². The first-order valence-electron chi connectivity index (χ1n) is 8.30. The molecule has 0 amide bonds. The maximum absolute atomic E-state index is 13.3. The number of carbonyl (C=O) groups is 1. The summed E-state index contributed by atoms with van der Waals surface area (Å²) in [4.78, 5) is 32.5. The summed E-state index contributed by atoms with van der Waals surface area (Å²) in [6.45, 7) is 5.77. The van der Waals surface area contributed by atoms with Crippen molar-refractivity contribution >= 4 is 38.9 Å². The smallest absolute Gasteiger partial charge is 0.326 e. The molecule has 0 aliphatic rings. The lowest BCUT2D eigenvalue weighted by Crippen LogP contribution is -2.33. The third kappa shape index (κ3) is 3.02. The molecule has 5 nitrogen and oxygen atoms in total. The van der Waals surface area contributed by atoms with Crippen molar-refractivity contribution in [3.8, 4) is 10.4 Å². The van der Waals surface area contributed by atoms with E-state index in [9.17, 15) is 14.7 Å². The molecule has 0 saturated carbocycles. The molecular weight excluding hydrogens is 356 g/mol. The largest absolute Gasteiger partial charge is 0.480 e. The molecular formula is C18H20N2O3S2. The predicted octanol–water partition coefficient (Wildman–Crippen LogP) is 4.48. The van der Waals surface area contributed by atoms with E-state index in [1.807, 2.05) is 31.4 Å². The van der Waals surface area contributed by atoms with Crippen molar-refractivity contribution in [2.24, 2.45) is 0 Å². The quantitative estimate of drug-likeness (QED) is 0.688. The molecule has 0 fully saturated rings. The lowest BCUT2D eigenvalue weighted by molar-refractivity contribution is -0.141. The number of aliphatic carboxylic acids is 1. The van der Waals surface area contributed by atoms with Crippen molar-refractivity contribution in [3.05, 3.63) is 38.6 Å². The molecule has 3 aromatic heterocycles. The predicted molar refractivity (Wildman–Crippen MR) is 103 cm³/mol. The fourth-order valence-electron chi connectivity index (χ4n) is 3.12. The Morgan fingerprint density at radius 1 is 1.40 bits per heavy atom. The van der Waals surface area contributed by atoms with Gasteiger partial charge in [-0.15, -0.1) is 22.7 Å². The number of carboxylic acids is 1. The summed E-state index contributed by atoms with van der Waals surface area (Å²) < 4.78 is 1.40. The zero-order valence-corrected chi connectivity index (χ0v) is 16.0. The van der Waals surface area contributed by atoms with Crippen LogP contribution in [-0.4, -0.2) is 20.6 Å². The number of rotatable bonds is 6. The summed E-state index contributed by atoms with van der Waals surface area (Å²) >= 11 is 3.08. The Bertz CT molecular complexity index is 971. The van der Waals surface area contributed by atoms with Gasteiger partial charge in [0.15, 0.2) is 0 Å². The van der Waals surface area contributed by atoms with E-state index in [4.69, 9.17) is 4.98 Å². The topological polar surface area (TPSA) is 72.2 Å². The molecule has 0 bridgehead atoms. The highest BCUT2D eigenvalue weighted by Crippen LogP contribution is 2.38. The number of nitrogens with zero attached hydrogens (tertiary/aromatic N) is 2. The van der Waals surface area contributed by atoms with E-state index >= 15 is 0 Å². The summed E-state index contributed by atoms with van der Waals surface area (Å²) in [5.74, 6) is -0.430. The van der Waals surface area contributed by atoms with Gasteiger partial charge in [-0.1, -0.05) is 19.9 Å². The standard InChI is InChI=1S/C18H20N2O3S2/c1-4-7-13-19-16-15(17(21)20(13)11(5-2)18(22)23)14(10(3)25-16)12-8-6-9-24-12/h6,8-9,11H,4-5,7H2,1-3H3,(H,22,23). The van der Waals surface area contributed by atoms with Crippen molar-refractivity contribution < 1.29 is 9.90 Å². The van der Waals surface area contributed by atoms with E-state index in [1.165, 1.54) is 15.9 Å². The lowest BCUT2D eigenvalue weighted by Gasteiger charge is -2.18. The first-order valence-corrected chi connectivity index (χ1v) is 10.00. The van der Waals surface area contributed by atoms with Gasteiger partial charge >= 0.3 is 5.97 Å². The number of thiophene rings is 2. The molecule has 0 spiro atoms. The average Bonchev–Trinajstić information content (AvgIpc) is 3.17. The second-order valence-corrected chi connectivity index (χ2v) is 8.06. The summed E-state index contributed by atoms with van der Waals surface area (Å²) in [5, 5.41) is 12.1. The molecule has 3 heterocycles. The number of fused-ring (bicyclic) bond motifs is 1. The SMILES string of the molecule is CCCc1nc2sc(C)c(-c3cccs3)c2c(=O)n1C(CC)C(=O)O. The molecule has 1 unspecified atom stereocenters. The molecule has 132 valence electrons. The van der Waals surface area contributed by atoms with Crippen LogP contribution in [0.15, 0.2) is 22.3 Å². The first-order chi connectivity index (χ1) is 12.0. The van der Waals surface area contributed by atoms with Gasteiger partial charge < -0.3 is 5.11 Å². The third-order valence-electron chi connectivity index (χ3n) is 4.23. The van der Waals surface area contributed by atoms with Gasteiger partial charge in [0.1, 0.15) is 16.7 Å². The highest BCUT2D eigenvalue weighted by molar-refractivity contribution is 7.20. The second kappa shape index (κ2) is 7.09. The minimum absolute atomic E-state index is 0.240. The van der Waals surface area contributed by atoms with Gasteiger partial charge in [-0.05, 0) is 31.2 Å². The van der Waals surface area contributed by atoms with Crippen molar-refractivity contribution in [1.82, 2.24) is 9.55 Å². The molecule has 0 saturated heterocycles. The molecule has 1 N–H and O–H groups in total. The van der Waals surface area contributed by atoms with E-state index in [0.717, 1.165) is 21.7 Å². The van der Waals surface area contributed by atoms with E-state index in [-0.39, 0.29) is 5.56 Å². The van der Waals surface area contributed by atoms with Crippen LogP contribution in [0.2, 0.25) is 0 Å². The summed E-state index contributed by atoms with van der Waals surface area (Å²) in [6.07, 6.45) is 1.73. The summed E-state index contributed by atoms with van der Waals surface area (Å²) in [7, 11) is 0. The Morgan fingerprint density at radius 3 is 2.72 bits per heavy atom. The van der Waals surface area contributed by atoms with E-state index in [0.29, 0.717) is 28.9 Å². The van der Waals surface area contributed by atoms with Crippen LogP contribution >= 0.6 is 22.7 Å².